The largest absolute Gasteiger partial charge is 0.198 e. The number of allylic oxidation sites excluding steroid dienone is 1. The number of rotatable bonds is 6. The van der Waals surface area contributed by atoms with Crippen LogP contribution in [0.2, 0.25) is 0 Å². The highest BCUT2D eigenvalue weighted by Gasteiger charge is 2.38. The van der Waals surface area contributed by atoms with Crippen molar-refractivity contribution in [1.82, 2.24) is 0 Å². The van der Waals surface area contributed by atoms with Crippen molar-refractivity contribution in [2.45, 2.75) is 84.0 Å². The molecule has 0 N–H and O–H groups in total. The predicted molar refractivity (Wildman–Crippen MR) is 89.8 cm³/mol. The summed E-state index contributed by atoms with van der Waals surface area (Å²) in [4.78, 5) is 0. The molecule has 0 radical (unpaired) electrons. The SMILES string of the molecule is C=CCC[C@]1(C#N)CC[C@@H](C2CCC(CCC)CC2)CC1. The first-order chi connectivity index (χ1) is 10.2. The molecule has 1 nitrogen and oxygen atoms in total. The van der Waals surface area contributed by atoms with Crippen LogP contribution in [0.3, 0.4) is 0 Å². The van der Waals surface area contributed by atoms with E-state index in [9.17, 15) is 5.26 Å². The predicted octanol–water partition coefficient (Wildman–Crippen LogP) is 6.26. The molecule has 21 heavy (non-hydrogen) atoms. The summed E-state index contributed by atoms with van der Waals surface area (Å²) < 4.78 is 0. The first kappa shape index (κ1) is 16.6. The molecule has 2 saturated carbocycles. The molecule has 2 aliphatic carbocycles. The van der Waals surface area contributed by atoms with E-state index in [1.807, 2.05) is 6.08 Å². The molecular weight excluding hydrogens is 254 g/mol. The maximum Gasteiger partial charge on any atom is 0.0689 e. The average molecular weight is 287 g/mol. The van der Waals surface area contributed by atoms with Crippen molar-refractivity contribution in [2.75, 3.05) is 0 Å². The lowest BCUT2D eigenvalue weighted by Crippen LogP contribution is -2.31. The zero-order valence-corrected chi connectivity index (χ0v) is 13.9. The summed E-state index contributed by atoms with van der Waals surface area (Å²) in [5.41, 5.74) is -0.0237. The number of hydrogen-bond donors (Lipinski definition) is 0. The van der Waals surface area contributed by atoms with Crippen molar-refractivity contribution in [3.05, 3.63) is 12.7 Å². The Hall–Kier alpha value is -0.770. The van der Waals surface area contributed by atoms with E-state index in [0.717, 1.165) is 43.4 Å². The van der Waals surface area contributed by atoms with Gasteiger partial charge in [-0.15, -0.1) is 6.58 Å². The van der Waals surface area contributed by atoms with Crippen LogP contribution in [0.25, 0.3) is 0 Å². The molecule has 0 bridgehead atoms. The van der Waals surface area contributed by atoms with Gasteiger partial charge in [-0.3, -0.25) is 0 Å². The Labute approximate surface area is 131 Å². The lowest BCUT2D eigenvalue weighted by Gasteiger charge is -2.40. The molecule has 0 unspecified atom stereocenters. The molecule has 2 fully saturated rings. The third kappa shape index (κ3) is 4.35. The molecular formula is C20H33N. The minimum atomic E-state index is -0.0237. The summed E-state index contributed by atoms with van der Waals surface area (Å²) in [6, 6.07) is 2.65. The van der Waals surface area contributed by atoms with Gasteiger partial charge in [0.2, 0.25) is 0 Å². The second-order valence-electron chi connectivity index (χ2n) is 7.63. The highest BCUT2D eigenvalue weighted by molar-refractivity contribution is 5.03. The van der Waals surface area contributed by atoms with E-state index in [1.54, 1.807) is 0 Å². The van der Waals surface area contributed by atoms with E-state index in [2.05, 4.69) is 19.6 Å². The van der Waals surface area contributed by atoms with Gasteiger partial charge in [-0.25, -0.2) is 0 Å². The fourth-order valence-corrected chi connectivity index (χ4v) is 4.82. The monoisotopic (exact) mass is 287 g/mol. The second kappa shape index (κ2) is 8.02. The maximum atomic E-state index is 9.57. The first-order valence-electron chi connectivity index (χ1n) is 9.25. The van der Waals surface area contributed by atoms with E-state index in [1.165, 1.54) is 51.4 Å². The van der Waals surface area contributed by atoms with Gasteiger partial charge in [-0.2, -0.15) is 5.26 Å². The fourth-order valence-electron chi connectivity index (χ4n) is 4.82. The Balaban J connectivity index is 1.79. The van der Waals surface area contributed by atoms with Crippen molar-refractivity contribution >= 4 is 0 Å². The van der Waals surface area contributed by atoms with Crippen LogP contribution < -0.4 is 0 Å². The van der Waals surface area contributed by atoms with Gasteiger partial charge in [0.25, 0.3) is 0 Å². The Morgan fingerprint density at radius 1 is 1.10 bits per heavy atom. The van der Waals surface area contributed by atoms with Crippen LogP contribution in [0.15, 0.2) is 12.7 Å². The fraction of sp³-hybridized carbons (Fsp3) is 0.850. The van der Waals surface area contributed by atoms with Crippen molar-refractivity contribution in [3.63, 3.8) is 0 Å². The van der Waals surface area contributed by atoms with Crippen molar-refractivity contribution < 1.29 is 0 Å². The zero-order valence-electron chi connectivity index (χ0n) is 13.9. The van der Waals surface area contributed by atoms with Crippen LogP contribution >= 0.6 is 0 Å². The van der Waals surface area contributed by atoms with Crippen molar-refractivity contribution in [2.24, 2.45) is 23.2 Å². The van der Waals surface area contributed by atoms with Crippen molar-refractivity contribution in [3.8, 4) is 6.07 Å². The normalized spacial score (nSPS) is 36.9. The summed E-state index contributed by atoms with van der Waals surface area (Å²) in [7, 11) is 0. The quantitative estimate of drug-likeness (QED) is 0.529. The minimum Gasteiger partial charge on any atom is -0.198 e. The van der Waals surface area contributed by atoms with Crippen molar-refractivity contribution in [1.29, 1.82) is 5.26 Å². The van der Waals surface area contributed by atoms with Crippen LogP contribution in [-0.4, -0.2) is 0 Å². The smallest absolute Gasteiger partial charge is 0.0689 e. The average Bonchev–Trinajstić information content (AvgIpc) is 2.55. The molecule has 0 atom stereocenters. The number of nitrogens with zero attached hydrogens (tertiary/aromatic N) is 1. The Morgan fingerprint density at radius 2 is 1.71 bits per heavy atom. The van der Waals surface area contributed by atoms with Gasteiger partial charge in [0.1, 0.15) is 0 Å². The number of hydrogen-bond acceptors (Lipinski definition) is 1. The molecule has 0 spiro atoms. The maximum absolute atomic E-state index is 9.57. The van der Waals surface area contributed by atoms with Crippen LogP contribution in [0, 0.1) is 34.5 Å². The molecule has 0 aromatic heterocycles. The zero-order chi connectivity index (χ0) is 15.1. The molecule has 0 aromatic carbocycles. The standard InChI is InChI=1S/C20H33N/c1-3-5-13-20(16-21)14-11-19(12-15-20)18-9-7-17(6-4-2)8-10-18/h3,17-19H,1,4-15H2,2H3/t17?,18?,19-,20+. The van der Waals surface area contributed by atoms with Gasteiger partial charge in [0, 0.05) is 0 Å². The highest BCUT2D eigenvalue weighted by atomic mass is 14.4. The van der Waals surface area contributed by atoms with E-state index >= 15 is 0 Å². The van der Waals surface area contributed by atoms with Gasteiger partial charge in [0.05, 0.1) is 11.5 Å². The topological polar surface area (TPSA) is 23.8 Å². The Bertz CT molecular complexity index is 349. The van der Waals surface area contributed by atoms with Gasteiger partial charge >= 0.3 is 0 Å². The van der Waals surface area contributed by atoms with Crippen LogP contribution in [0.4, 0.5) is 0 Å². The van der Waals surface area contributed by atoms with E-state index < -0.39 is 0 Å². The third-order valence-electron chi connectivity index (χ3n) is 6.31. The Kier molecular flexibility index (Phi) is 6.34. The minimum absolute atomic E-state index is 0.0237. The molecule has 2 aliphatic rings. The number of nitriles is 1. The third-order valence-corrected chi connectivity index (χ3v) is 6.31. The second-order valence-corrected chi connectivity index (χ2v) is 7.63. The molecule has 0 heterocycles. The molecule has 2 rings (SSSR count). The molecule has 0 amide bonds. The lowest BCUT2D eigenvalue weighted by molar-refractivity contribution is 0.117. The summed E-state index contributed by atoms with van der Waals surface area (Å²) in [6.07, 6.45) is 17.5. The van der Waals surface area contributed by atoms with E-state index in [4.69, 9.17) is 0 Å². The summed E-state index contributed by atoms with van der Waals surface area (Å²) >= 11 is 0. The lowest BCUT2D eigenvalue weighted by atomic mass is 9.63. The Morgan fingerprint density at radius 3 is 2.24 bits per heavy atom. The van der Waals surface area contributed by atoms with Gasteiger partial charge in [-0.05, 0) is 69.1 Å². The van der Waals surface area contributed by atoms with E-state index in [0.29, 0.717) is 0 Å². The van der Waals surface area contributed by atoms with Crippen LogP contribution in [0.1, 0.15) is 84.0 Å². The molecule has 0 aliphatic heterocycles. The van der Waals surface area contributed by atoms with Crippen LogP contribution in [0.5, 0.6) is 0 Å². The highest BCUT2D eigenvalue weighted by Crippen LogP contribution is 2.47. The molecule has 0 aromatic rings. The first-order valence-corrected chi connectivity index (χ1v) is 9.25. The van der Waals surface area contributed by atoms with Gasteiger partial charge < -0.3 is 0 Å². The molecule has 118 valence electrons. The molecule has 1 heteroatoms. The summed E-state index contributed by atoms with van der Waals surface area (Å²) in [5, 5.41) is 9.57. The van der Waals surface area contributed by atoms with Gasteiger partial charge in [0.15, 0.2) is 0 Å². The molecule has 0 saturated heterocycles. The summed E-state index contributed by atoms with van der Waals surface area (Å²) in [5.74, 6) is 2.90. The van der Waals surface area contributed by atoms with Crippen LogP contribution in [-0.2, 0) is 0 Å². The van der Waals surface area contributed by atoms with E-state index in [-0.39, 0.29) is 5.41 Å². The summed E-state index contributed by atoms with van der Waals surface area (Å²) in [6.45, 7) is 6.13. The van der Waals surface area contributed by atoms with Gasteiger partial charge in [-0.1, -0.05) is 38.7 Å².